The molecule has 2 aromatic carbocycles. The molecule has 0 atom stereocenters. The molecule has 0 aromatic heterocycles. The van der Waals surface area contributed by atoms with E-state index in [-0.39, 0.29) is 12.0 Å². The molecular weight excluding hydrogens is 281 g/mol. The Morgan fingerprint density at radius 2 is 1.52 bits per heavy atom. The Kier molecular flexibility index (Phi) is 4.65. The highest BCUT2D eigenvalue weighted by Gasteiger charge is 2.32. The van der Waals surface area contributed by atoms with Gasteiger partial charge in [-0.05, 0) is 47.9 Å². The van der Waals surface area contributed by atoms with Gasteiger partial charge in [-0.2, -0.15) is 0 Å². The molecule has 0 unspecified atom stereocenters. The van der Waals surface area contributed by atoms with E-state index in [2.05, 4.69) is 0 Å². The third kappa shape index (κ3) is 3.25. The predicted octanol–water partition coefficient (Wildman–Crippen LogP) is 2.57. The van der Waals surface area contributed by atoms with Crippen molar-refractivity contribution in [3.8, 4) is 0 Å². The molecule has 0 heterocycles. The largest absolute Gasteiger partial charge is 0.395 e. The quantitative estimate of drug-likeness (QED) is 0.890. The minimum Gasteiger partial charge on any atom is -0.395 e. The lowest BCUT2D eigenvalue weighted by molar-refractivity contribution is 0.115. The van der Waals surface area contributed by atoms with Crippen LogP contribution < -0.4 is 0 Å². The van der Waals surface area contributed by atoms with Crippen molar-refractivity contribution in [1.82, 2.24) is 0 Å². The summed E-state index contributed by atoms with van der Waals surface area (Å²) in [6, 6.07) is 8.35. The van der Waals surface area contributed by atoms with Gasteiger partial charge in [0.1, 0.15) is 17.5 Å². The highest BCUT2D eigenvalue weighted by Crippen LogP contribution is 2.29. The molecule has 0 fully saturated rings. The highest BCUT2D eigenvalue weighted by atomic mass is 19.1. The van der Waals surface area contributed by atoms with Gasteiger partial charge >= 0.3 is 0 Å². The Balaban J connectivity index is 2.45. The first-order valence-electron chi connectivity index (χ1n) is 6.42. The zero-order chi connectivity index (χ0) is 15.5. The maximum atomic E-state index is 13.8. The summed E-state index contributed by atoms with van der Waals surface area (Å²) >= 11 is 0. The summed E-state index contributed by atoms with van der Waals surface area (Å²) in [5.74, 6) is -1.78. The zero-order valence-electron chi connectivity index (χ0n) is 11.2. The first-order chi connectivity index (χ1) is 10.0. The number of aliphatic hydroxyl groups excluding tert-OH is 2. The van der Waals surface area contributed by atoms with Gasteiger partial charge in [0, 0.05) is 5.41 Å². The van der Waals surface area contributed by atoms with E-state index in [0.717, 1.165) is 18.2 Å². The van der Waals surface area contributed by atoms with Gasteiger partial charge in [-0.15, -0.1) is 0 Å². The molecule has 0 amide bonds. The molecule has 5 heteroatoms. The molecule has 0 aliphatic heterocycles. The van der Waals surface area contributed by atoms with Crippen LogP contribution in [0, 0.1) is 17.5 Å². The smallest absolute Gasteiger partial charge is 0.126 e. The molecule has 112 valence electrons. The normalized spacial score (nSPS) is 11.7. The maximum absolute atomic E-state index is 13.8. The van der Waals surface area contributed by atoms with Crippen LogP contribution >= 0.6 is 0 Å². The highest BCUT2D eigenvalue weighted by molar-refractivity contribution is 5.31. The second-order valence-electron chi connectivity index (χ2n) is 5.02. The third-order valence-electron chi connectivity index (χ3n) is 3.58. The Bertz CT molecular complexity index is 625. The van der Waals surface area contributed by atoms with E-state index >= 15 is 0 Å². The molecular formula is C16H15F3O2. The van der Waals surface area contributed by atoms with Gasteiger partial charge in [0.2, 0.25) is 0 Å². The molecule has 0 aliphatic rings. The van der Waals surface area contributed by atoms with Crippen LogP contribution in [0.1, 0.15) is 11.1 Å². The van der Waals surface area contributed by atoms with E-state index in [9.17, 15) is 23.4 Å². The van der Waals surface area contributed by atoms with Crippen molar-refractivity contribution in [3.63, 3.8) is 0 Å². The molecule has 0 saturated heterocycles. The Labute approximate surface area is 120 Å². The Morgan fingerprint density at radius 3 is 2.14 bits per heavy atom. The van der Waals surface area contributed by atoms with Gasteiger partial charge < -0.3 is 10.2 Å². The van der Waals surface area contributed by atoms with Crippen molar-refractivity contribution in [1.29, 1.82) is 0 Å². The first-order valence-corrected chi connectivity index (χ1v) is 6.42. The summed E-state index contributed by atoms with van der Waals surface area (Å²) in [7, 11) is 0. The zero-order valence-corrected chi connectivity index (χ0v) is 11.2. The van der Waals surface area contributed by atoms with Gasteiger partial charge in [0.25, 0.3) is 0 Å². The van der Waals surface area contributed by atoms with Crippen LogP contribution in [0.5, 0.6) is 0 Å². The molecule has 2 N–H and O–H groups in total. The van der Waals surface area contributed by atoms with Crippen molar-refractivity contribution >= 4 is 0 Å². The molecule has 0 radical (unpaired) electrons. The van der Waals surface area contributed by atoms with E-state index in [1.54, 1.807) is 0 Å². The minimum atomic E-state index is -1.28. The van der Waals surface area contributed by atoms with Gasteiger partial charge in [0.15, 0.2) is 0 Å². The SMILES string of the molecule is OCC(CO)(Cc1cc(F)ccc1F)c1cccc(F)c1. The number of rotatable bonds is 5. The standard InChI is InChI=1S/C16H15F3O2/c17-13-3-1-2-12(7-13)16(9-20,10-21)8-11-6-14(18)4-5-15(11)19/h1-7,20-21H,8-10H2. The predicted molar refractivity (Wildman–Crippen MR) is 72.3 cm³/mol. The number of hydrogen-bond acceptors (Lipinski definition) is 2. The van der Waals surface area contributed by atoms with E-state index in [1.807, 2.05) is 0 Å². The lowest BCUT2D eigenvalue weighted by atomic mass is 9.76. The molecule has 2 rings (SSSR count). The monoisotopic (exact) mass is 296 g/mol. The van der Waals surface area contributed by atoms with Crippen molar-refractivity contribution in [3.05, 3.63) is 71.0 Å². The first kappa shape index (κ1) is 15.5. The fraction of sp³-hybridized carbons (Fsp3) is 0.250. The number of hydrogen-bond donors (Lipinski definition) is 2. The third-order valence-corrected chi connectivity index (χ3v) is 3.58. The Hall–Kier alpha value is -1.85. The van der Waals surface area contributed by atoms with Crippen molar-refractivity contribution in [2.24, 2.45) is 0 Å². The summed E-state index contributed by atoms with van der Waals surface area (Å²) in [6.45, 7) is -1.05. The van der Waals surface area contributed by atoms with Gasteiger partial charge in [-0.1, -0.05) is 12.1 Å². The number of benzene rings is 2. The van der Waals surface area contributed by atoms with Crippen molar-refractivity contribution in [2.75, 3.05) is 13.2 Å². The molecule has 2 nitrogen and oxygen atoms in total. The molecule has 21 heavy (non-hydrogen) atoms. The van der Waals surface area contributed by atoms with Crippen LogP contribution in [-0.4, -0.2) is 23.4 Å². The minimum absolute atomic E-state index is 0.0161. The molecule has 0 spiro atoms. The molecule has 0 saturated carbocycles. The Morgan fingerprint density at radius 1 is 0.857 bits per heavy atom. The summed E-state index contributed by atoms with van der Waals surface area (Å²) < 4.78 is 40.4. The molecule has 2 aromatic rings. The summed E-state index contributed by atoms with van der Waals surface area (Å²) in [4.78, 5) is 0. The fourth-order valence-corrected chi connectivity index (χ4v) is 2.31. The number of halogens is 3. The van der Waals surface area contributed by atoms with Gasteiger partial charge in [-0.25, -0.2) is 13.2 Å². The van der Waals surface area contributed by atoms with Crippen LogP contribution in [0.3, 0.4) is 0 Å². The fourth-order valence-electron chi connectivity index (χ4n) is 2.31. The second kappa shape index (κ2) is 6.28. The van der Waals surface area contributed by atoms with Crippen LogP contribution in [0.15, 0.2) is 42.5 Å². The summed E-state index contributed by atoms with van der Waals surface area (Å²) in [5.41, 5.74) is -0.935. The van der Waals surface area contributed by atoms with E-state index < -0.39 is 36.1 Å². The average Bonchev–Trinajstić information content (AvgIpc) is 2.48. The summed E-state index contributed by atoms with van der Waals surface area (Å²) in [5, 5.41) is 19.3. The van der Waals surface area contributed by atoms with E-state index in [4.69, 9.17) is 0 Å². The molecule has 0 bridgehead atoms. The van der Waals surface area contributed by atoms with Gasteiger partial charge in [0.05, 0.1) is 13.2 Å². The molecule has 0 aliphatic carbocycles. The van der Waals surface area contributed by atoms with Gasteiger partial charge in [-0.3, -0.25) is 0 Å². The van der Waals surface area contributed by atoms with Crippen molar-refractivity contribution in [2.45, 2.75) is 11.8 Å². The summed E-state index contributed by atoms with van der Waals surface area (Å²) in [6.07, 6.45) is -0.146. The average molecular weight is 296 g/mol. The maximum Gasteiger partial charge on any atom is 0.126 e. The number of aliphatic hydroxyl groups is 2. The van der Waals surface area contributed by atoms with Crippen LogP contribution in [-0.2, 0) is 11.8 Å². The lowest BCUT2D eigenvalue weighted by Gasteiger charge is -2.30. The van der Waals surface area contributed by atoms with Crippen molar-refractivity contribution < 1.29 is 23.4 Å². The topological polar surface area (TPSA) is 40.5 Å². The van der Waals surface area contributed by atoms with Crippen LogP contribution in [0.25, 0.3) is 0 Å². The van der Waals surface area contributed by atoms with Crippen LogP contribution in [0.4, 0.5) is 13.2 Å². The lowest BCUT2D eigenvalue weighted by Crippen LogP contribution is -2.37. The van der Waals surface area contributed by atoms with Crippen LogP contribution in [0.2, 0.25) is 0 Å². The van der Waals surface area contributed by atoms with E-state index in [1.165, 1.54) is 24.3 Å². The second-order valence-corrected chi connectivity index (χ2v) is 5.02. The van der Waals surface area contributed by atoms with E-state index in [0.29, 0.717) is 5.56 Å².